The summed E-state index contributed by atoms with van der Waals surface area (Å²) >= 11 is 0. The maximum Gasteiger partial charge on any atom is 0.0317 e. The molecule has 0 aliphatic heterocycles. The van der Waals surface area contributed by atoms with E-state index in [1.54, 1.807) is 0 Å². The molecule has 4 N–H and O–H groups in total. The second kappa shape index (κ2) is 4.91. The molecule has 0 saturated carbocycles. The Morgan fingerprint density at radius 3 is 2.18 bits per heavy atom. The first kappa shape index (κ1) is 11.5. The van der Waals surface area contributed by atoms with Crippen LogP contribution in [-0.4, -0.2) is 0 Å². The molecule has 2 aromatic carbocycles. The molecular formula is C15H18N2. The lowest BCUT2D eigenvalue weighted by Gasteiger charge is -2.10. The van der Waals surface area contributed by atoms with Crippen LogP contribution in [0.15, 0.2) is 42.5 Å². The fourth-order valence-corrected chi connectivity index (χ4v) is 2.03. The Bertz CT molecular complexity index is 501. The smallest absolute Gasteiger partial charge is 0.0317 e. The standard InChI is InChI=1S/C15H18N2/c1-2-3-12-10-14(17)8-9-15(12)11-4-6-13(16)7-5-11/h4-10H,2-3,16-17H2,1H3. The number of anilines is 2. The van der Waals surface area contributed by atoms with Gasteiger partial charge in [0.1, 0.15) is 0 Å². The summed E-state index contributed by atoms with van der Waals surface area (Å²) in [6.45, 7) is 2.18. The molecule has 0 spiro atoms. The number of rotatable bonds is 3. The van der Waals surface area contributed by atoms with E-state index in [4.69, 9.17) is 11.5 Å². The van der Waals surface area contributed by atoms with E-state index in [0.29, 0.717) is 0 Å². The molecule has 2 heteroatoms. The van der Waals surface area contributed by atoms with E-state index in [2.05, 4.69) is 31.2 Å². The topological polar surface area (TPSA) is 52.0 Å². The van der Waals surface area contributed by atoms with Crippen molar-refractivity contribution in [3.63, 3.8) is 0 Å². The molecule has 0 atom stereocenters. The van der Waals surface area contributed by atoms with Crippen molar-refractivity contribution in [3.05, 3.63) is 48.0 Å². The van der Waals surface area contributed by atoms with Crippen molar-refractivity contribution in [2.24, 2.45) is 0 Å². The van der Waals surface area contributed by atoms with Gasteiger partial charge in [-0.2, -0.15) is 0 Å². The van der Waals surface area contributed by atoms with Crippen LogP contribution in [0.4, 0.5) is 11.4 Å². The average molecular weight is 226 g/mol. The molecule has 0 aliphatic carbocycles. The predicted molar refractivity (Wildman–Crippen MR) is 74.7 cm³/mol. The molecule has 0 fully saturated rings. The molecule has 2 nitrogen and oxygen atoms in total. The number of nitrogen functional groups attached to an aromatic ring is 2. The first-order valence-corrected chi connectivity index (χ1v) is 5.95. The average Bonchev–Trinajstić information content (AvgIpc) is 2.31. The highest BCUT2D eigenvalue weighted by Crippen LogP contribution is 2.27. The van der Waals surface area contributed by atoms with Crippen molar-refractivity contribution in [1.29, 1.82) is 0 Å². The van der Waals surface area contributed by atoms with Crippen LogP contribution in [0.1, 0.15) is 18.9 Å². The Kier molecular flexibility index (Phi) is 3.33. The van der Waals surface area contributed by atoms with Gasteiger partial charge >= 0.3 is 0 Å². The van der Waals surface area contributed by atoms with Crippen molar-refractivity contribution in [1.82, 2.24) is 0 Å². The van der Waals surface area contributed by atoms with Gasteiger partial charge < -0.3 is 11.5 Å². The highest BCUT2D eigenvalue weighted by molar-refractivity contribution is 5.71. The predicted octanol–water partition coefficient (Wildman–Crippen LogP) is 3.47. The molecule has 0 heterocycles. The normalized spacial score (nSPS) is 10.4. The van der Waals surface area contributed by atoms with Gasteiger partial charge in [0, 0.05) is 11.4 Å². The molecule has 88 valence electrons. The molecule has 0 aliphatic rings. The lowest BCUT2D eigenvalue weighted by molar-refractivity contribution is 0.924. The van der Waals surface area contributed by atoms with Gasteiger partial charge in [0.25, 0.3) is 0 Å². The zero-order valence-electron chi connectivity index (χ0n) is 10.1. The van der Waals surface area contributed by atoms with E-state index in [1.165, 1.54) is 16.7 Å². The number of hydrogen-bond donors (Lipinski definition) is 2. The van der Waals surface area contributed by atoms with Gasteiger partial charge in [0.05, 0.1) is 0 Å². The summed E-state index contributed by atoms with van der Waals surface area (Å²) in [4.78, 5) is 0. The van der Waals surface area contributed by atoms with E-state index < -0.39 is 0 Å². The third-order valence-corrected chi connectivity index (χ3v) is 2.87. The van der Waals surface area contributed by atoms with E-state index in [1.807, 2.05) is 18.2 Å². The van der Waals surface area contributed by atoms with Gasteiger partial charge in [-0.25, -0.2) is 0 Å². The SMILES string of the molecule is CCCc1cc(N)ccc1-c1ccc(N)cc1. The minimum Gasteiger partial charge on any atom is -0.399 e. The second-order valence-electron chi connectivity index (χ2n) is 4.29. The summed E-state index contributed by atoms with van der Waals surface area (Å²) in [5.41, 5.74) is 16.9. The lowest BCUT2D eigenvalue weighted by atomic mass is 9.96. The second-order valence-corrected chi connectivity index (χ2v) is 4.29. The minimum absolute atomic E-state index is 0.793. The highest BCUT2D eigenvalue weighted by atomic mass is 14.5. The third kappa shape index (κ3) is 2.59. The summed E-state index contributed by atoms with van der Waals surface area (Å²) in [6.07, 6.45) is 2.16. The van der Waals surface area contributed by atoms with E-state index >= 15 is 0 Å². The largest absolute Gasteiger partial charge is 0.399 e. The molecule has 0 aromatic heterocycles. The van der Waals surface area contributed by atoms with Gasteiger partial charge in [0.2, 0.25) is 0 Å². The Balaban J connectivity index is 2.46. The Morgan fingerprint density at radius 1 is 0.882 bits per heavy atom. The molecule has 0 unspecified atom stereocenters. The van der Waals surface area contributed by atoms with Crippen molar-refractivity contribution in [3.8, 4) is 11.1 Å². The summed E-state index contributed by atoms with van der Waals surface area (Å²) in [7, 11) is 0. The van der Waals surface area contributed by atoms with E-state index in [0.717, 1.165) is 24.2 Å². The molecular weight excluding hydrogens is 208 g/mol. The Hall–Kier alpha value is -1.96. The molecule has 2 aromatic rings. The van der Waals surface area contributed by atoms with Crippen LogP contribution in [0.3, 0.4) is 0 Å². The molecule has 0 saturated heterocycles. The molecule has 17 heavy (non-hydrogen) atoms. The quantitative estimate of drug-likeness (QED) is 0.787. The number of benzene rings is 2. The van der Waals surface area contributed by atoms with Crippen LogP contribution in [0.25, 0.3) is 11.1 Å². The lowest BCUT2D eigenvalue weighted by Crippen LogP contribution is -1.93. The van der Waals surface area contributed by atoms with Crippen molar-refractivity contribution < 1.29 is 0 Å². The summed E-state index contributed by atoms with van der Waals surface area (Å²) in [5.74, 6) is 0. The maximum absolute atomic E-state index is 5.84. The summed E-state index contributed by atoms with van der Waals surface area (Å²) in [5, 5.41) is 0. The van der Waals surface area contributed by atoms with Crippen LogP contribution < -0.4 is 11.5 Å². The van der Waals surface area contributed by atoms with Crippen LogP contribution in [-0.2, 0) is 6.42 Å². The van der Waals surface area contributed by atoms with E-state index in [9.17, 15) is 0 Å². The Morgan fingerprint density at radius 2 is 1.53 bits per heavy atom. The van der Waals surface area contributed by atoms with Crippen molar-refractivity contribution in [2.75, 3.05) is 11.5 Å². The molecule has 2 rings (SSSR count). The number of hydrogen-bond acceptors (Lipinski definition) is 2. The number of nitrogens with two attached hydrogens (primary N) is 2. The zero-order valence-corrected chi connectivity index (χ0v) is 10.1. The zero-order chi connectivity index (χ0) is 12.3. The summed E-state index contributed by atoms with van der Waals surface area (Å²) in [6, 6.07) is 14.1. The fraction of sp³-hybridized carbons (Fsp3) is 0.200. The monoisotopic (exact) mass is 226 g/mol. The van der Waals surface area contributed by atoms with Crippen molar-refractivity contribution >= 4 is 11.4 Å². The summed E-state index contributed by atoms with van der Waals surface area (Å²) < 4.78 is 0. The minimum atomic E-state index is 0.793. The maximum atomic E-state index is 5.84. The highest BCUT2D eigenvalue weighted by Gasteiger charge is 2.04. The molecule has 0 amide bonds. The van der Waals surface area contributed by atoms with Crippen LogP contribution in [0, 0.1) is 0 Å². The van der Waals surface area contributed by atoms with Gasteiger partial charge in [-0.05, 0) is 47.4 Å². The molecule has 0 bridgehead atoms. The van der Waals surface area contributed by atoms with Gasteiger partial charge in [0.15, 0.2) is 0 Å². The van der Waals surface area contributed by atoms with Gasteiger partial charge in [-0.1, -0.05) is 31.5 Å². The van der Waals surface area contributed by atoms with Crippen LogP contribution in [0.5, 0.6) is 0 Å². The Labute approximate surface area is 102 Å². The third-order valence-electron chi connectivity index (χ3n) is 2.87. The molecule has 0 radical (unpaired) electrons. The van der Waals surface area contributed by atoms with E-state index in [-0.39, 0.29) is 0 Å². The van der Waals surface area contributed by atoms with Crippen molar-refractivity contribution in [2.45, 2.75) is 19.8 Å². The number of aryl methyl sites for hydroxylation is 1. The van der Waals surface area contributed by atoms with Crippen LogP contribution >= 0.6 is 0 Å². The first-order chi connectivity index (χ1) is 8.20. The van der Waals surface area contributed by atoms with Gasteiger partial charge in [-0.15, -0.1) is 0 Å². The fourth-order valence-electron chi connectivity index (χ4n) is 2.03. The van der Waals surface area contributed by atoms with Crippen LogP contribution in [0.2, 0.25) is 0 Å². The first-order valence-electron chi connectivity index (χ1n) is 5.95. The van der Waals surface area contributed by atoms with Gasteiger partial charge in [-0.3, -0.25) is 0 Å².